The lowest BCUT2D eigenvalue weighted by Crippen LogP contribution is -2.13. The fourth-order valence-corrected chi connectivity index (χ4v) is 3.28. The van der Waals surface area contributed by atoms with Gasteiger partial charge in [0.2, 0.25) is 0 Å². The lowest BCUT2D eigenvalue weighted by molar-refractivity contribution is 0.414. The summed E-state index contributed by atoms with van der Waals surface area (Å²) >= 11 is 0. The third-order valence-corrected chi connectivity index (χ3v) is 4.70. The Kier molecular flexibility index (Phi) is 3.73. The summed E-state index contributed by atoms with van der Waals surface area (Å²) in [5.74, 6) is 0.610. The van der Waals surface area contributed by atoms with Crippen molar-refractivity contribution in [1.82, 2.24) is 0 Å². The van der Waals surface area contributed by atoms with E-state index in [4.69, 9.17) is 4.74 Å². The minimum absolute atomic E-state index is 0.185. The van der Waals surface area contributed by atoms with Gasteiger partial charge in [-0.05, 0) is 41.8 Å². The Bertz CT molecular complexity index is 897. The zero-order valence-corrected chi connectivity index (χ0v) is 12.7. The van der Waals surface area contributed by atoms with Crippen molar-refractivity contribution in [3.05, 3.63) is 66.7 Å². The summed E-state index contributed by atoms with van der Waals surface area (Å²) in [6.07, 6.45) is 0. The smallest absolute Gasteiger partial charge is 0.261 e. The molecular formula is C17H14NO3S. The predicted octanol–water partition coefficient (Wildman–Crippen LogP) is 3.45. The SMILES string of the molecule is COc1ccc(S(=O)(=O)Nc2cc[c]c3ccccc23)cc1. The van der Waals surface area contributed by atoms with Gasteiger partial charge >= 0.3 is 0 Å². The molecule has 1 radical (unpaired) electrons. The number of benzene rings is 3. The van der Waals surface area contributed by atoms with E-state index in [1.807, 2.05) is 24.3 Å². The molecule has 0 saturated heterocycles. The summed E-state index contributed by atoms with van der Waals surface area (Å²) in [5.41, 5.74) is 0.533. The molecule has 0 aliphatic rings. The lowest BCUT2D eigenvalue weighted by atomic mass is 10.1. The van der Waals surface area contributed by atoms with Crippen LogP contribution < -0.4 is 9.46 Å². The number of fused-ring (bicyclic) bond motifs is 1. The fraction of sp³-hybridized carbons (Fsp3) is 0.0588. The molecule has 0 bridgehead atoms. The minimum atomic E-state index is -3.65. The number of sulfonamides is 1. The van der Waals surface area contributed by atoms with Crippen LogP contribution in [0, 0.1) is 6.07 Å². The molecule has 3 aromatic carbocycles. The summed E-state index contributed by atoms with van der Waals surface area (Å²) in [6, 6.07) is 20.2. The van der Waals surface area contributed by atoms with Crippen LogP contribution in [0.5, 0.6) is 5.75 Å². The van der Waals surface area contributed by atoms with E-state index in [-0.39, 0.29) is 4.90 Å². The lowest BCUT2D eigenvalue weighted by Gasteiger charge is -2.11. The van der Waals surface area contributed by atoms with Gasteiger partial charge in [0.05, 0.1) is 17.7 Å². The molecule has 0 unspecified atom stereocenters. The quantitative estimate of drug-likeness (QED) is 0.803. The van der Waals surface area contributed by atoms with Crippen molar-refractivity contribution in [2.24, 2.45) is 0 Å². The summed E-state index contributed by atoms with van der Waals surface area (Å²) in [6.45, 7) is 0. The Hall–Kier alpha value is -2.53. The maximum atomic E-state index is 12.5. The van der Waals surface area contributed by atoms with Gasteiger partial charge in [0.25, 0.3) is 10.0 Å². The van der Waals surface area contributed by atoms with Gasteiger partial charge in [-0.1, -0.05) is 30.3 Å². The third-order valence-electron chi connectivity index (χ3n) is 3.32. The number of anilines is 1. The minimum Gasteiger partial charge on any atom is -0.497 e. The number of hydrogen-bond acceptors (Lipinski definition) is 3. The Morgan fingerprint density at radius 2 is 1.73 bits per heavy atom. The van der Waals surface area contributed by atoms with E-state index in [0.717, 1.165) is 10.8 Å². The Balaban J connectivity index is 1.99. The molecule has 0 aliphatic carbocycles. The van der Waals surface area contributed by atoms with Gasteiger partial charge in [0.15, 0.2) is 0 Å². The topological polar surface area (TPSA) is 55.4 Å². The van der Waals surface area contributed by atoms with Crippen LogP contribution >= 0.6 is 0 Å². The van der Waals surface area contributed by atoms with Crippen LogP contribution in [0.2, 0.25) is 0 Å². The average Bonchev–Trinajstić information content (AvgIpc) is 2.55. The van der Waals surface area contributed by atoms with E-state index in [1.54, 1.807) is 24.3 Å². The molecule has 3 aromatic rings. The van der Waals surface area contributed by atoms with Crippen LogP contribution in [0.1, 0.15) is 0 Å². The Morgan fingerprint density at radius 1 is 1.00 bits per heavy atom. The molecule has 0 atom stereocenters. The highest BCUT2D eigenvalue weighted by molar-refractivity contribution is 7.92. The van der Waals surface area contributed by atoms with Crippen LogP contribution in [0.4, 0.5) is 5.69 Å². The molecule has 0 fully saturated rings. The summed E-state index contributed by atoms with van der Waals surface area (Å²) in [4.78, 5) is 0.185. The fourth-order valence-electron chi connectivity index (χ4n) is 2.20. The van der Waals surface area contributed by atoms with Crippen LogP contribution in [0.15, 0.2) is 65.6 Å². The molecule has 0 aliphatic heterocycles. The van der Waals surface area contributed by atoms with Crippen molar-refractivity contribution in [2.75, 3.05) is 11.8 Å². The summed E-state index contributed by atoms with van der Waals surface area (Å²) < 4.78 is 32.6. The van der Waals surface area contributed by atoms with Crippen molar-refractivity contribution in [3.8, 4) is 5.75 Å². The van der Waals surface area contributed by atoms with Crippen molar-refractivity contribution < 1.29 is 13.2 Å². The zero-order valence-electron chi connectivity index (χ0n) is 11.9. The van der Waals surface area contributed by atoms with Gasteiger partial charge in [0, 0.05) is 5.39 Å². The van der Waals surface area contributed by atoms with E-state index in [9.17, 15) is 8.42 Å². The molecule has 22 heavy (non-hydrogen) atoms. The van der Waals surface area contributed by atoms with E-state index in [2.05, 4.69) is 10.8 Å². The molecule has 0 spiro atoms. The Morgan fingerprint density at radius 3 is 2.45 bits per heavy atom. The van der Waals surface area contributed by atoms with Crippen molar-refractivity contribution >= 4 is 26.5 Å². The number of hydrogen-bond donors (Lipinski definition) is 1. The maximum Gasteiger partial charge on any atom is 0.261 e. The Labute approximate surface area is 129 Å². The number of ether oxygens (including phenoxy) is 1. The molecule has 0 aromatic heterocycles. The van der Waals surface area contributed by atoms with Crippen LogP contribution in [-0.2, 0) is 10.0 Å². The highest BCUT2D eigenvalue weighted by Crippen LogP contribution is 2.25. The number of rotatable bonds is 4. The molecule has 0 heterocycles. The standard InChI is InChI=1S/C17H14NO3S/c1-21-14-9-11-15(12-10-14)22(19,20)18-17-8-4-6-13-5-2-3-7-16(13)17/h2-5,7-12,18H,1H3. The van der Waals surface area contributed by atoms with Gasteiger partial charge in [-0.3, -0.25) is 4.72 Å². The second-order valence-corrected chi connectivity index (χ2v) is 6.40. The zero-order chi connectivity index (χ0) is 15.6. The van der Waals surface area contributed by atoms with E-state index < -0.39 is 10.0 Å². The summed E-state index contributed by atoms with van der Waals surface area (Å²) in [5, 5.41) is 1.67. The van der Waals surface area contributed by atoms with Crippen LogP contribution in [0.25, 0.3) is 10.8 Å². The molecule has 0 amide bonds. The van der Waals surface area contributed by atoms with Crippen molar-refractivity contribution in [1.29, 1.82) is 0 Å². The van der Waals surface area contributed by atoms with E-state index in [0.29, 0.717) is 11.4 Å². The summed E-state index contributed by atoms with van der Waals surface area (Å²) in [7, 11) is -2.11. The van der Waals surface area contributed by atoms with Gasteiger partial charge in [-0.25, -0.2) is 8.42 Å². The second-order valence-electron chi connectivity index (χ2n) is 4.72. The molecule has 4 nitrogen and oxygen atoms in total. The second kappa shape index (κ2) is 5.69. The van der Waals surface area contributed by atoms with Crippen LogP contribution in [-0.4, -0.2) is 15.5 Å². The maximum absolute atomic E-state index is 12.5. The predicted molar refractivity (Wildman–Crippen MR) is 86.6 cm³/mol. The highest BCUT2D eigenvalue weighted by atomic mass is 32.2. The molecule has 1 N–H and O–H groups in total. The average molecular weight is 312 g/mol. The van der Waals surface area contributed by atoms with Gasteiger partial charge in [-0.2, -0.15) is 0 Å². The first-order valence-corrected chi connectivity index (χ1v) is 8.15. The first kappa shape index (κ1) is 14.4. The molecule has 111 valence electrons. The van der Waals surface area contributed by atoms with Gasteiger partial charge in [-0.15, -0.1) is 0 Å². The highest BCUT2D eigenvalue weighted by Gasteiger charge is 2.15. The number of methoxy groups -OCH3 is 1. The van der Waals surface area contributed by atoms with Crippen molar-refractivity contribution in [3.63, 3.8) is 0 Å². The first-order chi connectivity index (χ1) is 10.6. The van der Waals surface area contributed by atoms with E-state index >= 15 is 0 Å². The molecule has 3 rings (SSSR count). The molecule has 5 heteroatoms. The largest absolute Gasteiger partial charge is 0.497 e. The van der Waals surface area contributed by atoms with Crippen LogP contribution in [0.3, 0.4) is 0 Å². The first-order valence-electron chi connectivity index (χ1n) is 6.66. The van der Waals surface area contributed by atoms with Gasteiger partial charge in [0.1, 0.15) is 5.75 Å². The normalized spacial score (nSPS) is 11.3. The molecular weight excluding hydrogens is 298 g/mol. The van der Waals surface area contributed by atoms with Gasteiger partial charge < -0.3 is 4.74 Å². The molecule has 0 saturated carbocycles. The van der Waals surface area contributed by atoms with Crippen molar-refractivity contribution in [2.45, 2.75) is 4.90 Å². The number of nitrogens with one attached hydrogen (secondary N) is 1. The third kappa shape index (κ3) is 2.76. The van der Waals surface area contributed by atoms with E-state index in [1.165, 1.54) is 19.2 Å². The monoisotopic (exact) mass is 312 g/mol.